The predicted molar refractivity (Wildman–Crippen MR) is 113 cm³/mol. The monoisotopic (exact) mass is 432 g/mol. The van der Waals surface area contributed by atoms with Crippen molar-refractivity contribution < 1.29 is 14.6 Å². The first-order chi connectivity index (χ1) is 14.5. The first kappa shape index (κ1) is 20.8. The molecule has 30 heavy (non-hydrogen) atoms. The molecule has 1 aliphatic carbocycles. The summed E-state index contributed by atoms with van der Waals surface area (Å²) in [5.41, 5.74) is 1.08. The fraction of sp³-hybridized carbons (Fsp3) is 0.500. The number of anilines is 1. The first-order valence-corrected chi connectivity index (χ1v) is 10.4. The number of carbonyl (C=O) groups is 1. The van der Waals surface area contributed by atoms with Crippen LogP contribution in [0.5, 0.6) is 0 Å². The van der Waals surface area contributed by atoms with Gasteiger partial charge in [-0.05, 0) is 19.9 Å². The second kappa shape index (κ2) is 8.71. The van der Waals surface area contributed by atoms with E-state index in [0.717, 1.165) is 0 Å². The highest BCUT2D eigenvalue weighted by atomic mass is 35.5. The summed E-state index contributed by atoms with van der Waals surface area (Å²) in [5.74, 6) is -0.452. The van der Waals surface area contributed by atoms with Crippen molar-refractivity contribution in [2.45, 2.75) is 38.5 Å². The van der Waals surface area contributed by atoms with Gasteiger partial charge in [-0.3, -0.25) is 9.48 Å². The Hall–Kier alpha value is -2.49. The normalized spacial score (nSPS) is 23.9. The molecule has 4 atom stereocenters. The summed E-state index contributed by atoms with van der Waals surface area (Å²) in [6.07, 6.45) is 6.88. The zero-order valence-corrected chi connectivity index (χ0v) is 17.6. The second-order valence-electron chi connectivity index (χ2n) is 7.49. The maximum absolute atomic E-state index is 12.9. The van der Waals surface area contributed by atoms with Crippen LogP contribution in [0, 0.1) is 5.92 Å². The molecule has 10 heteroatoms. The second-order valence-corrected chi connectivity index (χ2v) is 7.93. The summed E-state index contributed by atoms with van der Waals surface area (Å²) in [6.45, 7) is 5.62. The number of carbonyl (C=O) groups excluding carboxylic acids is 1. The zero-order valence-electron chi connectivity index (χ0n) is 16.9. The summed E-state index contributed by atoms with van der Waals surface area (Å²) in [7, 11) is 0. The Morgan fingerprint density at radius 3 is 3.03 bits per heavy atom. The van der Waals surface area contributed by atoms with E-state index < -0.39 is 12.0 Å². The minimum atomic E-state index is -0.569. The van der Waals surface area contributed by atoms with E-state index in [1.165, 1.54) is 0 Å². The highest BCUT2D eigenvalue weighted by Gasteiger charge is 2.44. The van der Waals surface area contributed by atoms with Crippen molar-refractivity contribution in [2.24, 2.45) is 5.92 Å². The zero-order chi connectivity index (χ0) is 21.3. The molecule has 0 aromatic carbocycles. The quantitative estimate of drug-likeness (QED) is 0.542. The highest BCUT2D eigenvalue weighted by molar-refractivity contribution is 6.31. The Morgan fingerprint density at radius 2 is 2.27 bits per heavy atom. The molecule has 0 saturated carbocycles. The van der Waals surface area contributed by atoms with E-state index in [9.17, 15) is 9.90 Å². The smallest absolute Gasteiger partial charge is 0.230 e. The summed E-state index contributed by atoms with van der Waals surface area (Å²) in [5, 5.41) is 21.5. The Balaban J connectivity index is 1.75. The van der Waals surface area contributed by atoms with Crippen molar-refractivity contribution >= 4 is 34.5 Å². The van der Waals surface area contributed by atoms with Gasteiger partial charge in [-0.1, -0.05) is 23.8 Å². The van der Waals surface area contributed by atoms with Crippen LogP contribution in [-0.2, 0) is 16.1 Å². The van der Waals surface area contributed by atoms with E-state index in [1.807, 2.05) is 25.3 Å². The Morgan fingerprint density at radius 1 is 1.43 bits per heavy atom. The Kier molecular flexibility index (Phi) is 6.03. The Bertz CT molecular complexity index is 1000. The largest absolute Gasteiger partial charge is 0.392 e. The number of aliphatic hydroxyl groups is 1. The molecule has 2 aromatic rings. The van der Waals surface area contributed by atoms with Gasteiger partial charge in [0.05, 0.1) is 42.3 Å². The standard InChI is InChI=1S/C20H25ClN6O3/c1-3-30-7-6-27-10-14-17(24-20(22-9-11(2)28)25-18(14)26-27)16-13-8-12(21)4-5-15(13)23-19(16)29/h4-5,8,10-11,13,15-16,28H,3,6-7,9H2,1-2H3,(H,23,29)(H,22,25,26)/t11-,13?,15?,16?/m1/s1. The third kappa shape index (κ3) is 4.19. The van der Waals surface area contributed by atoms with E-state index in [-0.39, 0.29) is 24.4 Å². The topological polar surface area (TPSA) is 114 Å². The molecule has 2 aliphatic rings. The average molecular weight is 433 g/mol. The van der Waals surface area contributed by atoms with E-state index in [1.54, 1.807) is 17.7 Å². The van der Waals surface area contributed by atoms with Crippen molar-refractivity contribution in [3.05, 3.63) is 35.2 Å². The lowest BCUT2D eigenvalue weighted by Gasteiger charge is -2.20. The lowest BCUT2D eigenvalue weighted by molar-refractivity contribution is -0.120. The molecule has 1 aliphatic heterocycles. The number of halogens is 1. The average Bonchev–Trinajstić information content (AvgIpc) is 3.25. The number of hydrogen-bond donors (Lipinski definition) is 3. The molecule has 160 valence electrons. The molecule has 9 nitrogen and oxygen atoms in total. The minimum Gasteiger partial charge on any atom is -0.392 e. The maximum Gasteiger partial charge on any atom is 0.230 e. The van der Waals surface area contributed by atoms with E-state index in [0.29, 0.717) is 47.5 Å². The van der Waals surface area contributed by atoms with E-state index in [2.05, 4.69) is 25.7 Å². The summed E-state index contributed by atoms with van der Waals surface area (Å²) < 4.78 is 7.18. The van der Waals surface area contributed by atoms with E-state index in [4.69, 9.17) is 16.3 Å². The van der Waals surface area contributed by atoms with Gasteiger partial charge in [0.1, 0.15) is 0 Å². The van der Waals surface area contributed by atoms with Crippen molar-refractivity contribution in [3.63, 3.8) is 0 Å². The lowest BCUT2D eigenvalue weighted by Crippen LogP contribution is -2.27. The fourth-order valence-corrected chi connectivity index (χ4v) is 4.01. The summed E-state index contributed by atoms with van der Waals surface area (Å²) in [4.78, 5) is 22.0. The first-order valence-electron chi connectivity index (χ1n) is 10.1. The van der Waals surface area contributed by atoms with Crippen molar-refractivity contribution in [2.75, 3.05) is 25.1 Å². The molecule has 1 amide bonds. The van der Waals surface area contributed by atoms with Gasteiger partial charge in [-0.15, -0.1) is 0 Å². The number of amides is 1. The molecule has 1 saturated heterocycles. The van der Waals surface area contributed by atoms with Gasteiger partial charge in [0.25, 0.3) is 0 Å². The molecule has 0 spiro atoms. The van der Waals surface area contributed by atoms with Crippen LogP contribution in [0.3, 0.4) is 0 Å². The summed E-state index contributed by atoms with van der Waals surface area (Å²) >= 11 is 6.22. The van der Waals surface area contributed by atoms with Crippen molar-refractivity contribution in [3.8, 4) is 0 Å². The van der Waals surface area contributed by atoms with Crippen LogP contribution in [-0.4, -0.2) is 62.7 Å². The van der Waals surface area contributed by atoms with Gasteiger partial charge in [-0.2, -0.15) is 10.1 Å². The molecule has 4 rings (SSSR count). The molecular formula is C20H25ClN6O3. The fourth-order valence-electron chi connectivity index (χ4n) is 3.80. The number of allylic oxidation sites excluding steroid dienone is 2. The van der Waals surface area contributed by atoms with Crippen LogP contribution in [0.15, 0.2) is 29.5 Å². The van der Waals surface area contributed by atoms with Crippen LogP contribution >= 0.6 is 11.6 Å². The number of nitrogens with one attached hydrogen (secondary N) is 2. The predicted octanol–water partition coefficient (Wildman–Crippen LogP) is 1.55. The molecular weight excluding hydrogens is 408 g/mol. The molecule has 0 radical (unpaired) electrons. The number of aliphatic hydroxyl groups excluding tert-OH is 1. The van der Waals surface area contributed by atoms with Gasteiger partial charge >= 0.3 is 0 Å². The number of fused-ring (bicyclic) bond motifs is 2. The third-order valence-corrected chi connectivity index (χ3v) is 5.43. The Labute approximate surface area is 179 Å². The van der Waals surface area contributed by atoms with Crippen LogP contribution in [0.4, 0.5) is 5.95 Å². The SMILES string of the molecule is CCOCCn1cc2c(C3C(=O)NC4C=CC(Cl)=CC43)nc(NC[C@@H](C)O)nc2n1. The van der Waals surface area contributed by atoms with Gasteiger partial charge in [-0.25, -0.2) is 4.98 Å². The van der Waals surface area contributed by atoms with Crippen molar-refractivity contribution in [1.82, 2.24) is 25.1 Å². The van der Waals surface area contributed by atoms with E-state index >= 15 is 0 Å². The number of nitrogens with zero attached hydrogens (tertiary/aromatic N) is 4. The van der Waals surface area contributed by atoms with Crippen LogP contribution in [0.1, 0.15) is 25.5 Å². The number of ether oxygens (including phenoxy) is 1. The highest BCUT2D eigenvalue weighted by Crippen LogP contribution is 2.39. The molecule has 3 N–H and O–H groups in total. The number of aromatic nitrogens is 4. The van der Waals surface area contributed by atoms with Gasteiger partial charge in [0.15, 0.2) is 5.65 Å². The van der Waals surface area contributed by atoms with Crippen LogP contribution in [0.25, 0.3) is 11.0 Å². The number of hydrogen-bond acceptors (Lipinski definition) is 7. The van der Waals surface area contributed by atoms with Crippen molar-refractivity contribution in [1.29, 1.82) is 0 Å². The maximum atomic E-state index is 12.9. The molecule has 1 fully saturated rings. The van der Waals surface area contributed by atoms with Gasteiger partial charge in [0.2, 0.25) is 11.9 Å². The third-order valence-electron chi connectivity index (χ3n) is 5.18. The van der Waals surface area contributed by atoms with Crippen LogP contribution < -0.4 is 10.6 Å². The lowest BCUT2D eigenvalue weighted by atomic mass is 9.84. The molecule has 2 aromatic heterocycles. The molecule has 3 unspecified atom stereocenters. The molecule has 0 bridgehead atoms. The number of rotatable bonds is 8. The minimum absolute atomic E-state index is 0.110. The summed E-state index contributed by atoms with van der Waals surface area (Å²) in [6, 6.07) is -0.128. The van der Waals surface area contributed by atoms with Crippen LogP contribution in [0.2, 0.25) is 0 Å². The van der Waals surface area contributed by atoms with Gasteiger partial charge < -0.3 is 20.5 Å². The molecule has 3 heterocycles. The van der Waals surface area contributed by atoms with Gasteiger partial charge in [0, 0.05) is 30.3 Å².